The maximum Gasteiger partial charge on any atom is 0.192 e. The normalized spacial score (nSPS) is 33.8. The average Bonchev–Trinajstić information content (AvgIpc) is 2.46. The number of hydrogen-bond acceptors (Lipinski definition) is 3. The molecular weight excluding hydrogens is 232 g/mol. The quantitative estimate of drug-likeness (QED) is 0.430. The van der Waals surface area contributed by atoms with Crippen molar-refractivity contribution in [3.8, 4) is 0 Å². The molecule has 98 valence electrons. The van der Waals surface area contributed by atoms with Crippen molar-refractivity contribution in [2.24, 2.45) is 0 Å². The van der Waals surface area contributed by atoms with Gasteiger partial charge in [-0.05, 0) is 18.1 Å². The van der Waals surface area contributed by atoms with E-state index in [0.717, 1.165) is 12.8 Å². The summed E-state index contributed by atoms with van der Waals surface area (Å²) < 4.78 is 6.44. The van der Waals surface area contributed by atoms with Crippen LogP contribution < -0.4 is 0 Å². The van der Waals surface area contributed by atoms with E-state index in [9.17, 15) is 0 Å². The zero-order chi connectivity index (χ0) is 12.7. The van der Waals surface area contributed by atoms with E-state index in [0.29, 0.717) is 0 Å². The zero-order valence-corrected chi connectivity index (χ0v) is 12.5. The molecule has 0 N–H and O–H groups in total. The fourth-order valence-corrected chi connectivity index (χ4v) is 3.37. The lowest BCUT2D eigenvalue weighted by atomic mass is 10.1. The molecule has 2 atom stereocenters. The lowest BCUT2D eigenvalue weighted by molar-refractivity contribution is -0.332. The van der Waals surface area contributed by atoms with E-state index in [1.54, 1.807) is 0 Å². The van der Waals surface area contributed by atoms with Crippen LogP contribution in [0.4, 0.5) is 0 Å². The van der Waals surface area contributed by atoms with Crippen LogP contribution in [0.3, 0.4) is 0 Å². The highest BCUT2D eigenvalue weighted by Gasteiger charge is 2.41. The van der Waals surface area contributed by atoms with Gasteiger partial charge in [0.2, 0.25) is 0 Å². The molecule has 2 unspecified atom stereocenters. The highest BCUT2D eigenvalue weighted by Crippen LogP contribution is 2.39. The molecule has 0 amide bonds. The third-order valence-corrected chi connectivity index (χ3v) is 8.64. The number of rotatable bonds is 2. The summed E-state index contributed by atoms with van der Waals surface area (Å²) in [6.45, 7) is 11.4. The van der Waals surface area contributed by atoms with E-state index in [4.69, 9.17) is 14.2 Å². The first-order chi connectivity index (χ1) is 7.78. The highest BCUT2D eigenvalue weighted by molar-refractivity contribution is 6.74. The van der Waals surface area contributed by atoms with Crippen LogP contribution in [0.1, 0.15) is 33.6 Å². The average molecular weight is 256 g/mol. The number of hydrogen-bond donors (Lipinski definition) is 0. The first-order valence-corrected chi connectivity index (χ1v) is 9.37. The van der Waals surface area contributed by atoms with E-state index in [-0.39, 0.29) is 23.4 Å². The third-order valence-electron chi connectivity index (χ3n) is 4.10. The molecule has 4 heteroatoms. The van der Waals surface area contributed by atoms with Crippen molar-refractivity contribution in [1.29, 1.82) is 0 Å². The van der Waals surface area contributed by atoms with Gasteiger partial charge >= 0.3 is 0 Å². The Morgan fingerprint density at radius 3 is 1.88 bits per heavy atom. The largest absolute Gasteiger partial charge is 0.414 e. The van der Waals surface area contributed by atoms with Crippen LogP contribution in [0.15, 0.2) is 12.2 Å². The molecule has 0 aromatic heterocycles. The van der Waals surface area contributed by atoms with Gasteiger partial charge in [0.15, 0.2) is 8.32 Å². The molecule has 0 radical (unpaired) electrons. The van der Waals surface area contributed by atoms with E-state index < -0.39 is 8.32 Å². The predicted molar refractivity (Wildman–Crippen MR) is 70.2 cm³/mol. The molecule has 3 rings (SSSR count). The monoisotopic (exact) mass is 256 g/mol. The van der Waals surface area contributed by atoms with Gasteiger partial charge in [0, 0.05) is 12.8 Å². The van der Waals surface area contributed by atoms with Gasteiger partial charge in [-0.25, -0.2) is 9.78 Å². The molecule has 3 aliphatic rings. The Bertz CT molecular complexity index is 290. The Morgan fingerprint density at radius 1 is 1.06 bits per heavy atom. The van der Waals surface area contributed by atoms with Crippen LogP contribution >= 0.6 is 0 Å². The Balaban J connectivity index is 2.01. The first-order valence-electron chi connectivity index (χ1n) is 6.46. The van der Waals surface area contributed by atoms with Crippen LogP contribution in [0, 0.1) is 0 Å². The standard InChI is InChI=1S/C13H24O3Si/c1-13(2,3)17(4,5)16-12-8-10-6-7-11(9-12)15-14-10/h6-7,10-12H,8-9H2,1-5H3. The van der Waals surface area contributed by atoms with Gasteiger partial charge in [-0.2, -0.15) is 0 Å². The topological polar surface area (TPSA) is 27.7 Å². The second kappa shape index (κ2) is 4.50. The lowest BCUT2D eigenvalue weighted by Crippen LogP contribution is -2.44. The first kappa shape index (κ1) is 13.3. The summed E-state index contributed by atoms with van der Waals surface area (Å²) in [5.41, 5.74) is 0. The smallest absolute Gasteiger partial charge is 0.192 e. The Morgan fingerprint density at radius 2 is 1.53 bits per heavy atom. The molecule has 2 heterocycles. The molecule has 2 bridgehead atoms. The van der Waals surface area contributed by atoms with Crippen molar-refractivity contribution >= 4 is 8.32 Å². The second-order valence-electron chi connectivity index (χ2n) is 6.63. The zero-order valence-electron chi connectivity index (χ0n) is 11.5. The fourth-order valence-electron chi connectivity index (χ4n) is 1.99. The van der Waals surface area contributed by atoms with Crippen molar-refractivity contribution in [2.75, 3.05) is 0 Å². The summed E-state index contributed by atoms with van der Waals surface area (Å²) in [6, 6.07) is 0. The van der Waals surface area contributed by atoms with E-state index >= 15 is 0 Å². The van der Waals surface area contributed by atoms with Crippen LogP contribution in [0.25, 0.3) is 0 Å². The molecule has 17 heavy (non-hydrogen) atoms. The molecular formula is C13H24O3Si. The second-order valence-corrected chi connectivity index (χ2v) is 11.4. The lowest BCUT2D eigenvalue weighted by Gasteiger charge is -2.39. The third kappa shape index (κ3) is 2.99. The molecule has 0 aromatic rings. The van der Waals surface area contributed by atoms with Gasteiger partial charge in [0.25, 0.3) is 0 Å². The van der Waals surface area contributed by atoms with Crippen molar-refractivity contribution in [3.63, 3.8) is 0 Å². The minimum Gasteiger partial charge on any atom is -0.414 e. The van der Waals surface area contributed by atoms with Crippen molar-refractivity contribution in [3.05, 3.63) is 12.2 Å². The minimum absolute atomic E-state index is 0.0727. The molecule has 2 aliphatic heterocycles. The van der Waals surface area contributed by atoms with Gasteiger partial charge in [0.1, 0.15) is 12.2 Å². The SMILES string of the molecule is CC(C)(C)[Si](C)(C)OC1CC2C=CC(C1)OO2. The molecule has 0 saturated carbocycles. The summed E-state index contributed by atoms with van der Waals surface area (Å²) in [5, 5.41) is 0.257. The minimum atomic E-state index is -1.68. The highest BCUT2D eigenvalue weighted by atomic mass is 28.4. The molecule has 3 nitrogen and oxygen atoms in total. The van der Waals surface area contributed by atoms with Gasteiger partial charge in [-0.1, -0.05) is 32.9 Å². The Labute approximate surface area is 105 Å². The maximum atomic E-state index is 6.44. The fraction of sp³-hybridized carbons (Fsp3) is 0.846. The molecule has 1 saturated heterocycles. The van der Waals surface area contributed by atoms with Gasteiger partial charge < -0.3 is 4.43 Å². The Hall–Kier alpha value is -0.163. The predicted octanol–water partition coefficient (Wildman–Crippen LogP) is 3.43. The van der Waals surface area contributed by atoms with E-state index in [2.05, 4.69) is 46.0 Å². The van der Waals surface area contributed by atoms with Crippen molar-refractivity contribution in [1.82, 2.24) is 0 Å². The van der Waals surface area contributed by atoms with Crippen LogP contribution in [-0.2, 0) is 14.2 Å². The Kier molecular flexibility index (Phi) is 3.51. The van der Waals surface area contributed by atoms with Crippen molar-refractivity contribution < 1.29 is 14.2 Å². The summed E-state index contributed by atoms with van der Waals surface area (Å²) in [4.78, 5) is 10.6. The van der Waals surface area contributed by atoms with Crippen molar-refractivity contribution in [2.45, 2.75) is 70.1 Å². The maximum absolute atomic E-state index is 6.44. The van der Waals surface area contributed by atoms with Gasteiger partial charge in [0.05, 0.1) is 6.10 Å². The van der Waals surface area contributed by atoms with Crippen LogP contribution in [0.2, 0.25) is 18.1 Å². The van der Waals surface area contributed by atoms with E-state index in [1.807, 2.05) is 0 Å². The summed E-state index contributed by atoms with van der Waals surface area (Å²) >= 11 is 0. The molecule has 1 aliphatic carbocycles. The number of fused-ring (bicyclic) bond motifs is 3. The van der Waals surface area contributed by atoms with E-state index in [1.165, 1.54) is 0 Å². The summed E-state index contributed by atoms with van der Waals surface area (Å²) in [5.74, 6) is 0. The van der Waals surface area contributed by atoms with Gasteiger partial charge in [-0.3, -0.25) is 0 Å². The molecule has 1 fully saturated rings. The molecule has 0 spiro atoms. The molecule has 0 aromatic carbocycles. The summed E-state index contributed by atoms with van der Waals surface area (Å²) in [7, 11) is -1.68. The van der Waals surface area contributed by atoms with Crippen LogP contribution in [0.5, 0.6) is 0 Å². The van der Waals surface area contributed by atoms with Gasteiger partial charge in [-0.15, -0.1) is 0 Å². The van der Waals surface area contributed by atoms with Crippen LogP contribution in [-0.4, -0.2) is 26.6 Å². The summed E-state index contributed by atoms with van der Waals surface area (Å²) in [6.07, 6.45) is 6.45.